The molecule has 0 bridgehead atoms. The Morgan fingerprint density at radius 2 is 1.86 bits per heavy atom. The number of nitrogens with one attached hydrogen (secondary N) is 3. The summed E-state index contributed by atoms with van der Waals surface area (Å²) >= 11 is 3.54. The summed E-state index contributed by atoms with van der Waals surface area (Å²) in [5, 5.41) is 9.10. The summed E-state index contributed by atoms with van der Waals surface area (Å²) in [6, 6.07) is 15.1. The molecule has 1 saturated heterocycles. The third-order valence-corrected chi connectivity index (χ3v) is 5.55. The van der Waals surface area contributed by atoms with Gasteiger partial charge in [0.25, 0.3) is 5.91 Å². The Morgan fingerprint density at radius 3 is 2.59 bits per heavy atom. The van der Waals surface area contributed by atoms with Crippen molar-refractivity contribution in [1.29, 1.82) is 0 Å². The molecule has 0 aliphatic carbocycles. The van der Waals surface area contributed by atoms with Crippen LogP contribution in [0.2, 0.25) is 0 Å². The van der Waals surface area contributed by atoms with Crippen molar-refractivity contribution in [2.24, 2.45) is 0 Å². The molecule has 3 rings (SSSR count). The molecule has 0 spiro atoms. The minimum atomic E-state index is -0.303. The van der Waals surface area contributed by atoms with Crippen molar-refractivity contribution in [2.75, 3.05) is 31.6 Å². The van der Waals surface area contributed by atoms with Crippen LogP contribution >= 0.6 is 15.9 Å². The number of carbonyl (C=O) groups excluding carboxylic acids is 2. The van der Waals surface area contributed by atoms with Crippen LogP contribution < -0.4 is 16.0 Å². The molecular formula is C22H26BrN3O3. The van der Waals surface area contributed by atoms with Crippen LogP contribution in [0.3, 0.4) is 0 Å². The van der Waals surface area contributed by atoms with E-state index in [2.05, 4.69) is 44.0 Å². The van der Waals surface area contributed by atoms with Gasteiger partial charge in [-0.1, -0.05) is 34.1 Å². The normalized spacial score (nSPS) is 15.5. The lowest BCUT2D eigenvalue weighted by atomic mass is 9.82. The zero-order chi connectivity index (χ0) is 20.7. The minimum absolute atomic E-state index is 0.154. The summed E-state index contributed by atoms with van der Waals surface area (Å²) in [5.74, 6) is -0.309. The first-order valence-corrected chi connectivity index (χ1v) is 10.6. The van der Waals surface area contributed by atoms with Crippen molar-refractivity contribution in [3.05, 3.63) is 64.1 Å². The quantitative estimate of drug-likeness (QED) is 0.592. The first kappa shape index (κ1) is 21.5. The molecule has 0 unspecified atom stereocenters. The summed E-state index contributed by atoms with van der Waals surface area (Å²) in [5.41, 5.74) is 1.96. The molecule has 3 N–H and O–H groups in total. The largest absolute Gasteiger partial charge is 0.381 e. The van der Waals surface area contributed by atoms with Crippen LogP contribution in [-0.2, 0) is 15.1 Å². The van der Waals surface area contributed by atoms with Crippen molar-refractivity contribution < 1.29 is 14.3 Å². The monoisotopic (exact) mass is 459 g/mol. The van der Waals surface area contributed by atoms with Gasteiger partial charge in [0, 0.05) is 41.0 Å². The number of benzene rings is 2. The van der Waals surface area contributed by atoms with E-state index in [0.717, 1.165) is 22.9 Å². The highest BCUT2D eigenvalue weighted by atomic mass is 79.9. The molecular weight excluding hydrogens is 434 g/mol. The van der Waals surface area contributed by atoms with E-state index < -0.39 is 0 Å². The van der Waals surface area contributed by atoms with Gasteiger partial charge in [0.2, 0.25) is 5.91 Å². The van der Waals surface area contributed by atoms with Crippen molar-refractivity contribution in [1.82, 2.24) is 10.6 Å². The van der Waals surface area contributed by atoms with E-state index in [9.17, 15) is 9.59 Å². The summed E-state index contributed by atoms with van der Waals surface area (Å²) in [6.07, 6.45) is 1.59. The van der Waals surface area contributed by atoms with Crippen LogP contribution in [0.1, 0.15) is 35.7 Å². The van der Waals surface area contributed by atoms with Crippen LogP contribution in [0.25, 0.3) is 0 Å². The number of carbonyl (C=O) groups is 2. The van der Waals surface area contributed by atoms with Crippen LogP contribution in [0.15, 0.2) is 53.0 Å². The number of rotatable bonds is 7. The Morgan fingerprint density at radius 1 is 1.10 bits per heavy atom. The molecule has 2 aromatic carbocycles. The van der Waals surface area contributed by atoms with Crippen molar-refractivity contribution in [2.45, 2.75) is 25.3 Å². The summed E-state index contributed by atoms with van der Waals surface area (Å²) in [6.45, 7) is 3.89. The SMILES string of the molecule is CCNC(=O)c1cccc(NC(=O)CNC2(c3cccc(Br)c3)CCOCC2)c1. The number of hydrogen-bond acceptors (Lipinski definition) is 4. The maximum absolute atomic E-state index is 12.6. The van der Waals surface area contributed by atoms with Gasteiger partial charge in [0.1, 0.15) is 0 Å². The average Bonchev–Trinajstić information content (AvgIpc) is 2.73. The fourth-order valence-electron chi connectivity index (χ4n) is 3.53. The predicted octanol–water partition coefficient (Wildman–Crippen LogP) is 3.43. The van der Waals surface area contributed by atoms with Gasteiger partial charge < -0.3 is 15.4 Å². The van der Waals surface area contributed by atoms with E-state index in [4.69, 9.17) is 4.74 Å². The molecule has 6 nitrogen and oxygen atoms in total. The topological polar surface area (TPSA) is 79.5 Å². The molecule has 1 fully saturated rings. The second-order valence-corrected chi connectivity index (χ2v) is 7.96. The Hall–Kier alpha value is -2.22. The number of ether oxygens (including phenoxy) is 1. The van der Waals surface area contributed by atoms with Gasteiger partial charge in [-0.2, -0.15) is 0 Å². The van der Waals surface area contributed by atoms with E-state index in [1.807, 2.05) is 19.1 Å². The number of amides is 2. The Kier molecular flexibility index (Phi) is 7.41. The molecule has 1 aliphatic rings. The Balaban J connectivity index is 1.67. The smallest absolute Gasteiger partial charge is 0.251 e. The van der Waals surface area contributed by atoms with Gasteiger partial charge in [0.15, 0.2) is 0 Å². The Bertz CT molecular complexity index is 866. The fraction of sp³-hybridized carbons (Fsp3) is 0.364. The van der Waals surface area contributed by atoms with E-state index in [-0.39, 0.29) is 23.9 Å². The molecule has 1 heterocycles. The molecule has 29 heavy (non-hydrogen) atoms. The fourth-order valence-corrected chi connectivity index (χ4v) is 3.93. The number of anilines is 1. The second-order valence-electron chi connectivity index (χ2n) is 7.05. The van der Waals surface area contributed by atoms with Crippen molar-refractivity contribution >= 4 is 33.4 Å². The standard InChI is InChI=1S/C22H26BrN3O3/c1-2-24-21(28)16-5-3-8-19(13-16)26-20(27)15-25-22(9-11-29-12-10-22)17-6-4-7-18(23)14-17/h3-8,13-14,25H,2,9-12,15H2,1H3,(H,24,28)(H,26,27). The molecule has 154 valence electrons. The zero-order valence-electron chi connectivity index (χ0n) is 16.5. The predicted molar refractivity (Wildman–Crippen MR) is 117 cm³/mol. The molecule has 7 heteroatoms. The maximum Gasteiger partial charge on any atom is 0.251 e. The molecule has 0 radical (unpaired) electrons. The molecule has 1 aliphatic heterocycles. The van der Waals surface area contributed by atoms with Gasteiger partial charge in [-0.25, -0.2) is 0 Å². The highest BCUT2D eigenvalue weighted by molar-refractivity contribution is 9.10. The van der Waals surface area contributed by atoms with Crippen LogP contribution in [-0.4, -0.2) is 38.1 Å². The van der Waals surface area contributed by atoms with E-state index in [1.54, 1.807) is 24.3 Å². The van der Waals surface area contributed by atoms with Crippen molar-refractivity contribution in [3.8, 4) is 0 Å². The lowest BCUT2D eigenvalue weighted by Crippen LogP contribution is -2.49. The third-order valence-electron chi connectivity index (χ3n) is 5.06. The van der Waals surface area contributed by atoms with Crippen molar-refractivity contribution in [3.63, 3.8) is 0 Å². The van der Waals surface area contributed by atoms with E-state index in [1.165, 1.54) is 0 Å². The maximum atomic E-state index is 12.6. The highest BCUT2D eigenvalue weighted by Gasteiger charge is 2.34. The molecule has 0 aromatic heterocycles. The molecule has 0 saturated carbocycles. The Labute approximate surface area is 179 Å². The summed E-state index contributed by atoms with van der Waals surface area (Å²) in [4.78, 5) is 24.6. The first-order chi connectivity index (χ1) is 14.0. The average molecular weight is 460 g/mol. The number of hydrogen-bond donors (Lipinski definition) is 3. The first-order valence-electron chi connectivity index (χ1n) is 9.79. The second kappa shape index (κ2) is 10.0. The van der Waals surface area contributed by atoms with Crippen LogP contribution in [0, 0.1) is 0 Å². The zero-order valence-corrected chi connectivity index (χ0v) is 18.1. The molecule has 2 aromatic rings. The summed E-state index contributed by atoms with van der Waals surface area (Å²) in [7, 11) is 0. The van der Waals surface area contributed by atoms with Crippen LogP contribution in [0.5, 0.6) is 0 Å². The lowest BCUT2D eigenvalue weighted by molar-refractivity contribution is -0.116. The van der Waals surface area contributed by atoms with Crippen LogP contribution in [0.4, 0.5) is 5.69 Å². The minimum Gasteiger partial charge on any atom is -0.381 e. The molecule has 0 atom stereocenters. The molecule has 2 amide bonds. The van der Waals surface area contributed by atoms with Gasteiger partial charge in [-0.15, -0.1) is 0 Å². The summed E-state index contributed by atoms with van der Waals surface area (Å²) < 4.78 is 6.55. The van der Waals surface area contributed by atoms with E-state index >= 15 is 0 Å². The van der Waals surface area contributed by atoms with Gasteiger partial charge in [-0.3, -0.25) is 14.9 Å². The lowest BCUT2D eigenvalue weighted by Gasteiger charge is -2.38. The van der Waals surface area contributed by atoms with Gasteiger partial charge in [-0.05, 0) is 55.7 Å². The van der Waals surface area contributed by atoms with Gasteiger partial charge in [0.05, 0.1) is 6.54 Å². The highest BCUT2D eigenvalue weighted by Crippen LogP contribution is 2.33. The number of halogens is 1. The van der Waals surface area contributed by atoms with E-state index in [0.29, 0.717) is 31.0 Å². The van der Waals surface area contributed by atoms with Gasteiger partial charge >= 0.3 is 0 Å². The third kappa shape index (κ3) is 5.65.